The topological polar surface area (TPSA) is 127 Å². The lowest BCUT2D eigenvalue weighted by atomic mass is 9.91. The van der Waals surface area contributed by atoms with Crippen molar-refractivity contribution in [3.8, 4) is 0 Å². The van der Waals surface area contributed by atoms with E-state index in [1.165, 1.54) is 20.3 Å². The molecule has 178 valence electrons. The molecule has 0 aliphatic carbocycles. The van der Waals surface area contributed by atoms with Gasteiger partial charge in [0.1, 0.15) is 0 Å². The minimum Gasteiger partial charge on any atom is -0.478 e. The van der Waals surface area contributed by atoms with Gasteiger partial charge in [0.15, 0.2) is 0 Å². The van der Waals surface area contributed by atoms with Crippen LogP contribution in [0.2, 0.25) is 0 Å². The lowest BCUT2D eigenvalue weighted by Crippen LogP contribution is -2.14. The molecule has 0 spiro atoms. The van der Waals surface area contributed by atoms with Crippen LogP contribution >= 0.6 is 23.5 Å². The van der Waals surface area contributed by atoms with Crippen LogP contribution < -0.4 is 0 Å². The van der Waals surface area contributed by atoms with Crippen LogP contribution in [0.25, 0.3) is 0 Å². The number of carboxylic acids is 2. The SMILES string of the molecule is COC(=O)CCSCCCc1ccc(C(=O)O)c(C(=O)O)c1CCCSCCC(=O)OC. The predicted octanol–water partition coefficient (Wildman–Crippen LogP) is 3.54. The highest BCUT2D eigenvalue weighted by molar-refractivity contribution is 7.99. The maximum atomic E-state index is 11.9. The summed E-state index contributed by atoms with van der Waals surface area (Å²) in [6.45, 7) is 0. The molecule has 32 heavy (non-hydrogen) atoms. The number of aryl methyl sites for hydroxylation is 1. The highest BCUT2D eigenvalue weighted by Gasteiger charge is 2.22. The highest BCUT2D eigenvalue weighted by Crippen LogP contribution is 2.24. The van der Waals surface area contributed by atoms with E-state index in [-0.39, 0.29) is 23.1 Å². The van der Waals surface area contributed by atoms with Crippen molar-refractivity contribution < 1.29 is 38.9 Å². The molecule has 0 aliphatic heterocycles. The summed E-state index contributed by atoms with van der Waals surface area (Å²) in [5.41, 5.74) is 1.04. The van der Waals surface area contributed by atoms with Gasteiger partial charge in [0.05, 0.1) is 38.2 Å². The van der Waals surface area contributed by atoms with Crippen LogP contribution in [0.15, 0.2) is 12.1 Å². The second-order valence-corrected chi connectivity index (χ2v) is 9.27. The quantitative estimate of drug-likeness (QED) is 0.264. The Bertz CT molecular complexity index is 794. The van der Waals surface area contributed by atoms with Crippen LogP contribution in [0.5, 0.6) is 0 Å². The van der Waals surface area contributed by atoms with Gasteiger partial charge < -0.3 is 19.7 Å². The van der Waals surface area contributed by atoms with E-state index in [0.29, 0.717) is 49.2 Å². The number of carbonyl (C=O) groups excluding carboxylic acids is 2. The van der Waals surface area contributed by atoms with Crippen LogP contribution in [0.4, 0.5) is 0 Å². The second-order valence-electron chi connectivity index (χ2n) is 6.82. The third-order valence-corrected chi connectivity index (χ3v) is 6.80. The van der Waals surface area contributed by atoms with Gasteiger partial charge in [0.25, 0.3) is 0 Å². The lowest BCUT2D eigenvalue weighted by Gasteiger charge is -2.15. The van der Waals surface area contributed by atoms with Crippen molar-refractivity contribution in [1.82, 2.24) is 0 Å². The Labute approximate surface area is 196 Å². The summed E-state index contributed by atoms with van der Waals surface area (Å²) in [6.07, 6.45) is 3.16. The largest absolute Gasteiger partial charge is 0.478 e. The fourth-order valence-electron chi connectivity index (χ4n) is 3.07. The van der Waals surface area contributed by atoms with Crippen molar-refractivity contribution in [3.05, 3.63) is 34.4 Å². The summed E-state index contributed by atoms with van der Waals surface area (Å²) in [7, 11) is 2.70. The first-order valence-corrected chi connectivity index (χ1v) is 12.5. The Hall–Kier alpha value is -2.20. The van der Waals surface area contributed by atoms with E-state index in [4.69, 9.17) is 0 Å². The van der Waals surface area contributed by atoms with Gasteiger partial charge in [-0.05, 0) is 54.4 Å². The first-order valence-electron chi connectivity index (χ1n) is 10.2. The molecule has 8 nitrogen and oxygen atoms in total. The zero-order chi connectivity index (χ0) is 23.9. The monoisotopic (exact) mass is 486 g/mol. The molecule has 0 saturated heterocycles. The standard InChI is InChI=1S/C22H30O8S2/c1-29-18(23)9-13-31-11-3-5-15-7-8-17(21(25)26)20(22(27)28)16(15)6-4-12-32-14-10-19(24)30-2/h7-8H,3-6,9-14H2,1-2H3,(H,25,26)(H,27,28). The van der Waals surface area contributed by atoms with Gasteiger partial charge >= 0.3 is 23.9 Å². The van der Waals surface area contributed by atoms with Crippen LogP contribution in [0.3, 0.4) is 0 Å². The molecular weight excluding hydrogens is 456 g/mol. The van der Waals surface area contributed by atoms with Gasteiger partial charge in [-0.1, -0.05) is 6.07 Å². The molecule has 10 heteroatoms. The van der Waals surface area contributed by atoms with Gasteiger partial charge in [0, 0.05) is 11.5 Å². The molecule has 0 bridgehead atoms. The smallest absolute Gasteiger partial charge is 0.336 e. The summed E-state index contributed by atoms with van der Waals surface area (Å²) < 4.78 is 9.21. The molecule has 2 N–H and O–H groups in total. The minimum atomic E-state index is -1.26. The number of aromatic carboxylic acids is 2. The van der Waals surface area contributed by atoms with Gasteiger partial charge in [-0.2, -0.15) is 23.5 Å². The molecule has 0 heterocycles. The number of thioether (sulfide) groups is 2. The maximum absolute atomic E-state index is 11.9. The van der Waals surface area contributed by atoms with Crippen molar-refractivity contribution in [1.29, 1.82) is 0 Å². The molecule has 0 aromatic heterocycles. The van der Waals surface area contributed by atoms with Crippen molar-refractivity contribution in [2.45, 2.75) is 38.5 Å². The Morgan fingerprint density at radius 2 is 1.31 bits per heavy atom. The number of rotatable bonds is 16. The number of carbonyl (C=O) groups is 4. The molecule has 0 radical (unpaired) electrons. The highest BCUT2D eigenvalue weighted by atomic mass is 32.2. The zero-order valence-corrected chi connectivity index (χ0v) is 20.0. The van der Waals surface area contributed by atoms with Gasteiger partial charge in [0.2, 0.25) is 0 Å². The number of ether oxygens (including phenoxy) is 2. The van der Waals surface area contributed by atoms with Crippen molar-refractivity contribution >= 4 is 47.4 Å². The molecule has 1 aromatic rings. The molecule has 0 unspecified atom stereocenters. The number of methoxy groups -OCH3 is 2. The van der Waals surface area contributed by atoms with Crippen LogP contribution in [-0.2, 0) is 31.9 Å². The average molecular weight is 487 g/mol. The third-order valence-electron chi connectivity index (χ3n) is 4.66. The molecule has 0 fully saturated rings. The normalized spacial score (nSPS) is 10.6. The zero-order valence-electron chi connectivity index (χ0n) is 18.4. The van der Waals surface area contributed by atoms with Crippen LogP contribution in [0, 0.1) is 0 Å². The predicted molar refractivity (Wildman–Crippen MR) is 125 cm³/mol. The maximum Gasteiger partial charge on any atom is 0.336 e. The van der Waals surface area contributed by atoms with E-state index < -0.39 is 11.9 Å². The van der Waals surface area contributed by atoms with Gasteiger partial charge in [-0.3, -0.25) is 9.59 Å². The van der Waals surface area contributed by atoms with Crippen LogP contribution in [0.1, 0.15) is 57.5 Å². The molecular formula is C22H30O8S2. The number of carboxylic acid groups (broad SMARTS) is 2. The van der Waals surface area contributed by atoms with Gasteiger partial charge in [-0.15, -0.1) is 0 Å². The summed E-state index contributed by atoms with van der Waals surface area (Å²) in [5, 5.41) is 19.1. The van der Waals surface area contributed by atoms with E-state index in [1.807, 2.05) is 0 Å². The second kappa shape index (κ2) is 15.6. The lowest BCUT2D eigenvalue weighted by molar-refractivity contribution is -0.141. The van der Waals surface area contributed by atoms with Crippen LogP contribution in [-0.4, -0.2) is 71.3 Å². The van der Waals surface area contributed by atoms with E-state index in [0.717, 1.165) is 23.5 Å². The minimum absolute atomic E-state index is 0.145. The molecule has 1 aromatic carbocycles. The Balaban J connectivity index is 2.77. The summed E-state index contributed by atoms with van der Waals surface area (Å²) >= 11 is 3.19. The summed E-state index contributed by atoms with van der Waals surface area (Å²) in [5.74, 6) is -0.250. The first kappa shape index (κ1) is 27.8. The fraction of sp³-hybridized carbons (Fsp3) is 0.545. The molecule has 1 rings (SSSR count). The molecule has 0 aliphatic rings. The average Bonchev–Trinajstić information content (AvgIpc) is 2.77. The Morgan fingerprint density at radius 1 is 0.781 bits per heavy atom. The number of esters is 2. The molecule has 0 atom stereocenters. The first-order chi connectivity index (χ1) is 15.3. The Kier molecular flexibility index (Phi) is 13.5. The van der Waals surface area contributed by atoms with E-state index >= 15 is 0 Å². The summed E-state index contributed by atoms with van der Waals surface area (Å²) in [6, 6.07) is 3.06. The number of hydrogen-bond acceptors (Lipinski definition) is 8. The number of hydrogen-bond donors (Lipinski definition) is 2. The third kappa shape index (κ3) is 9.95. The molecule has 0 saturated carbocycles. The van der Waals surface area contributed by atoms with Crippen molar-refractivity contribution in [2.75, 3.05) is 37.2 Å². The Morgan fingerprint density at radius 3 is 1.78 bits per heavy atom. The van der Waals surface area contributed by atoms with Gasteiger partial charge in [-0.25, -0.2) is 9.59 Å². The molecule has 0 amide bonds. The summed E-state index contributed by atoms with van der Waals surface area (Å²) in [4.78, 5) is 45.8. The van der Waals surface area contributed by atoms with E-state index in [2.05, 4.69) is 9.47 Å². The van der Waals surface area contributed by atoms with E-state index in [1.54, 1.807) is 29.6 Å². The number of benzene rings is 1. The van der Waals surface area contributed by atoms with Crippen molar-refractivity contribution in [3.63, 3.8) is 0 Å². The fourth-order valence-corrected chi connectivity index (χ4v) is 4.80. The van der Waals surface area contributed by atoms with E-state index in [9.17, 15) is 29.4 Å². The van der Waals surface area contributed by atoms with Crippen molar-refractivity contribution in [2.24, 2.45) is 0 Å².